The van der Waals surface area contributed by atoms with E-state index in [2.05, 4.69) is 15.4 Å². The molecule has 142 valence electrons. The lowest BCUT2D eigenvalue weighted by atomic mass is 10.0. The van der Waals surface area contributed by atoms with E-state index in [-0.39, 0.29) is 11.8 Å². The molecule has 0 saturated carbocycles. The maximum Gasteiger partial charge on any atom is 0.256 e. The smallest absolute Gasteiger partial charge is 0.256 e. The fraction of sp³-hybridized carbons (Fsp3) is 0.227. The number of aryl methyl sites for hydroxylation is 1. The molecule has 0 aliphatic carbocycles. The molecule has 0 saturated heterocycles. The SMILES string of the molecule is CCOc1cccc(NCC2C=c3c(C)nn(-c4ccccc4)c3=NC2=O)c1. The molecule has 6 heteroatoms. The van der Waals surface area contributed by atoms with Crippen LogP contribution < -0.4 is 20.8 Å². The highest BCUT2D eigenvalue weighted by atomic mass is 16.5. The van der Waals surface area contributed by atoms with Crippen molar-refractivity contribution in [2.45, 2.75) is 13.8 Å². The third kappa shape index (κ3) is 3.53. The Morgan fingerprint density at radius 1 is 1.14 bits per heavy atom. The summed E-state index contributed by atoms with van der Waals surface area (Å²) in [6.07, 6.45) is 1.96. The maximum atomic E-state index is 12.6. The number of anilines is 1. The average Bonchev–Trinajstić information content (AvgIpc) is 3.03. The number of ether oxygens (including phenoxy) is 1. The molecule has 6 nitrogen and oxygen atoms in total. The van der Waals surface area contributed by atoms with Gasteiger partial charge in [0, 0.05) is 23.5 Å². The van der Waals surface area contributed by atoms with E-state index in [1.165, 1.54) is 0 Å². The van der Waals surface area contributed by atoms with E-state index < -0.39 is 0 Å². The number of nitrogens with zero attached hydrogens (tertiary/aromatic N) is 3. The summed E-state index contributed by atoms with van der Waals surface area (Å²) in [4.78, 5) is 17.0. The molecule has 0 spiro atoms. The number of hydrogen-bond donors (Lipinski definition) is 1. The van der Waals surface area contributed by atoms with Crippen LogP contribution in [-0.4, -0.2) is 28.8 Å². The predicted octanol–water partition coefficient (Wildman–Crippen LogP) is 2.25. The van der Waals surface area contributed by atoms with Crippen LogP contribution >= 0.6 is 0 Å². The largest absolute Gasteiger partial charge is 0.494 e. The van der Waals surface area contributed by atoms with Gasteiger partial charge in [-0.05, 0) is 38.1 Å². The summed E-state index contributed by atoms with van der Waals surface area (Å²) in [5, 5.41) is 8.81. The molecule has 0 radical (unpaired) electrons. The van der Waals surface area contributed by atoms with E-state index in [1.807, 2.05) is 74.5 Å². The normalized spacial score (nSPS) is 15.4. The molecule has 1 unspecified atom stereocenters. The van der Waals surface area contributed by atoms with Crippen LogP contribution in [0, 0.1) is 12.8 Å². The highest BCUT2D eigenvalue weighted by molar-refractivity contribution is 5.86. The van der Waals surface area contributed by atoms with E-state index in [0.29, 0.717) is 18.6 Å². The number of benzene rings is 2. The first-order valence-electron chi connectivity index (χ1n) is 9.38. The molecular formula is C22H22N4O2. The van der Waals surface area contributed by atoms with Crippen molar-refractivity contribution in [1.29, 1.82) is 0 Å². The molecule has 2 aromatic carbocycles. The second-order valence-electron chi connectivity index (χ2n) is 6.63. The van der Waals surface area contributed by atoms with Gasteiger partial charge in [0.2, 0.25) is 0 Å². The van der Waals surface area contributed by atoms with Crippen LogP contribution in [0.2, 0.25) is 0 Å². The predicted molar refractivity (Wildman–Crippen MR) is 108 cm³/mol. The summed E-state index contributed by atoms with van der Waals surface area (Å²) in [6, 6.07) is 17.5. The molecule has 0 fully saturated rings. The number of para-hydroxylation sites is 1. The van der Waals surface area contributed by atoms with Gasteiger partial charge in [0.15, 0.2) is 5.49 Å². The molecule has 4 rings (SSSR count). The minimum atomic E-state index is -0.338. The van der Waals surface area contributed by atoms with Gasteiger partial charge in [0.1, 0.15) is 5.75 Å². The zero-order valence-electron chi connectivity index (χ0n) is 15.9. The summed E-state index contributed by atoms with van der Waals surface area (Å²) in [5.41, 5.74) is 3.26. The number of carbonyl (C=O) groups is 1. The third-order valence-corrected chi connectivity index (χ3v) is 4.65. The Labute approximate surface area is 163 Å². The van der Waals surface area contributed by atoms with Crippen molar-refractivity contribution < 1.29 is 9.53 Å². The minimum Gasteiger partial charge on any atom is -0.494 e. The minimum absolute atomic E-state index is 0.168. The number of hydrogen-bond acceptors (Lipinski definition) is 4. The number of carbonyl (C=O) groups excluding carboxylic acids is 1. The zero-order chi connectivity index (χ0) is 19.5. The Morgan fingerprint density at radius 3 is 2.75 bits per heavy atom. The lowest BCUT2D eigenvalue weighted by Gasteiger charge is -2.14. The van der Waals surface area contributed by atoms with Crippen LogP contribution in [0.25, 0.3) is 11.8 Å². The summed E-state index contributed by atoms with van der Waals surface area (Å²) < 4.78 is 7.25. The summed E-state index contributed by atoms with van der Waals surface area (Å²) in [7, 11) is 0. The van der Waals surface area contributed by atoms with Crippen molar-refractivity contribution in [1.82, 2.24) is 9.78 Å². The van der Waals surface area contributed by atoms with Crippen molar-refractivity contribution in [2.24, 2.45) is 10.9 Å². The van der Waals surface area contributed by atoms with Gasteiger partial charge in [0.05, 0.1) is 23.9 Å². The summed E-state index contributed by atoms with van der Waals surface area (Å²) >= 11 is 0. The fourth-order valence-electron chi connectivity index (χ4n) is 3.28. The number of rotatable bonds is 6. The lowest BCUT2D eigenvalue weighted by molar-refractivity contribution is -0.119. The second kappa shape index (κ2) is 7.68. The van der Waals surface area contributed by atoms with Gasteiger partial charge < -0.3 is 10.1 Å². The molecule has 0 bridgehead atoms. The van der Waals surface area contributed by atoms with E-state index in [9.17, 15) is 4.79 Å². The van der Waals surface area contributed by atoms with Crippen molar-refractivity contribution in [3.05, 3.63) is 71.0 Å². The quantitative estimate of drug-likeness (QED) is 0.719. The van der Waals surface area contributed by atoms with Crippen molar-refractivity contribution in [3.8, 4) is 11.4 Å². The zero-order valence-corrected chi connectivity index (χ0v) is 15.9. The highest BCUT2D eigenvalue weighted by Crippen LogP contribution is 2.18. The van der Waals surface area contributed by atoms with Gasteiger partial charge in [-0.25, -0.2) is 4.68 Å². The highest BCUT2D eigenvalue weighted by Gasteiger charge is 2.22. The van der Waals surface area contributed by atoms with Crippen molar-refractivity contribution in [2.75, 3.05) is 18.5 Å². The Balaban J connectivity index is 1.60. The van der Waals surface area contributed by atoms with Crippen LogP contribution in [-0.2, 0) is 4.79 Å². The lowest BCUT2D eigenvalue weighted by Crippen LogP contribution is -2.38. The van der Waals surface area contributed by atoms with Gasteiger partial charge in [-0.2, -0.15) is 10.1 Å². The van der Waals surface area contributed by atoms with Crippen molar-refractivity contribution in [3.63, 3.8) is 0 Å². The molecule has 1 N–H and O–H groups in total. The van der Waals surface area contributed by atoms with Gasteiger partial charge in [-0.3, -0.25) is 4.79 Å². The molecule has 1 aliphatic rings. The second-order valence-corrected chi connectivity index (χ2v) is 6.63. The monoisotopic (exact) mass is 374 g/mol. The first-order chi connectivity index (χ1) is 13.7. The van der Waals surface area contributed by atoms with Gasteiger partial charge >= 0.3 is 0 Å². The molecule has 1 aliphatic heterocycles. The van der Waals surface area contributed by atoms with E-state index in [4.69, 9.17) is 4.74 Å². The Bertz CT molecular complexity index is 1120. The van der Waals surface area contributed by atoms with Crippen LogP contribution in [0.15, 0.2) is 59.6 Å². The molecule has 1 atom stereocenters. The van der Waals surface area contributed by atoms with Crippen LogP contribution in [0.1, 0.15) is 12.6 Å². The third-order valence-electron chi connectivity index (χ3n) is 4.65. The molecule has 1 amide bonds. The van der Waals surface area contributed by atoms with Crippen molar-refractivity contribution >= 4 is 17.7 Å². The molecular weight excluding hydrogens is 352 g/mol. The standard InChI is InChI=1S/C22H22N4O2/c1-3-28-19-11-7-8-17(13-19)23-14-16-12-20-15(2)25-26(21(20)24-22(16)27)18-9-5-4-6-10-18/h4-13,16,23H,3,14H2,1-2H3. The topological polar surface area (TPSA) is 68.5 Å². The number of aromatic nitrogens is 2. The van der Waals surface area contributed by atoms with Gasteiger partial charge in [-0.15, -0.1) is 0 Å². The first-order valence-corrected chi connectivity index (χ1v) is 9.38. The summed E-state index contributed by atoms with van der Waals surface area (Å²) in [5.74, 6) is 0.298. The maximum absolute atomic E-state index is 12.6. The van der Waals surface area contributed by atoms with E-state index >= 15 is 0 Å². The Morgan fingerprint density at radius 2 is 1.96 bits per heavy atom. The van der Waals surface area contributed by atoms with Gasteiger partial charge in [-0.1, -0.05) is 30.3 Å². The van der Waals surface area contributed by atoms with E-state index in [1.54, 1.807) is 4.68 Å². The first kappa shape index (κ1) is 18.0. The molecule has 28 heavy (non-hydrogen) atoms. The van der Waals surface area contributed by atoms with Crippen LogP contribution in [0.3, 0.4) is 0 Å². The van der Waals surface area contributed by atoms with Gasteiger partial charge in [0.25, 0.3) is 5.91 Å². The van der Waals surface area contributed by atoms with Crippen LogP contribution in [0.4, 0.5) is 5.69 Å². The molecule has 2 heterocycles. The fourth-order valence-corrected chi connectivity index (χ4v) is 3.28. The number of amides is 1. The number of nitrogens with one attached hydrogen (secondary N) is 1. The van der Waals surface area contributed by atoms with Crippen LogP contribution in [0.5, 0.6) is 5.75 Å². The Kier molecular flexibility index (Phi) is 4.93. The number of fused-ring (bicyclic) bond motifs is 1. The van der Waals surface area contributed by atoms with E-state index in [0.717, 1.165) is 28.0 Å². The Hall–Kier alpha value is -3.41. The molecule has 1 aromatic heterocycles. The molecule has 3 aromatic rings. The summed E-state index contributed by atoms with van der Waals surface area (Å²) in [6.45, 7) is 4.97. The average molecular weight is 374 g/mol.